The van der Waals surface area contributed by atoms with Gasteiger partial charge in [-0.25, -0.2) is 18.0 Å². The van der Waals surface area contributed by atoms with Gasteiger partial charge in [-0.3, -0.25) is 15.1 Å². The minimum Gasteiger partial charge on any atom is -0.452 e. The van der Waals surface area contributed by atoms with Gasteiger partial charge in [-0.2, -0.15) is 0 Å². The summed E-state index contributed by atoms with van der Waals surface area (Å²) in [6.45, 7) is 2.88. The van der Waals surface area contributed by atoms with Crippen LogP contribution in [0.4, 0.5) is 21.0 Å². The van der Waals surface area contributed by atoms with E-state index in [1.54, 1.807) is 35.2 Å². The standard InChI is InChI=1S/C24H29N3O6S/c1-16-15-26(23(28)33-22-6-4-5-13-25-22)21-14-18(9-12-20(21)27(16)24(29)32-2)17-7-10-19(11-8-17)34(3,30)31/h7-12,14,16,22,25H,4-6,13,15H2,1-3H3. The van der Waals surface area contributed by atoms with Crippen LogP contribution in [0.25, 0.3) is 11.1 Å². The highest BCUT2D eigenvalue weighted by Gasteiger charge is 2.37. The molecule has 0 radical (unpaired) electrons. The summed E-state index contributed by atoms with van der Waals surface area (Å²) in [7, 11) is -1.99. The van der Waals surface area contributed by atoms with Crippen molar-refractivity contribution in [2.24, 2.45) is 0 Å². The van der Waals surface area contributed by atoms with Gasteiger partial charge in [0.25, 0.3) is 0 Å². The summed E-state index contributed by atoms with van der Waals surface area (Å²) < 4.78 is 34.3. The highest BCUT2D eigenvalue weighted by molar-refractivity contribution is 7.90. The van der Waals surface area contributed by atoms with Gasteiger partial charge >= 0.3 is 12.2 Å². The van der Waals surface area contributed by atoms with E-state index in [4.69, 9.17) is 9.47 Å². The van der Waals surface area contributed by atoms with E-state index in [0.717, 1.165) is 43.2 Å². The van der Waals surface area contributed by atoms with Crippen molar-refractivity contribution < 1.29 is 27.5 Å². The van der Waals surface area contributed by atoms with E-state index in [1.165, 1.54) is 12.0 Å². The molecular weight excluding hydrogens is 458 g/mol. The van der Waals surface area contributed by atoms with Gasteiger partial charge in [0.2, 0.25) is 0 Å². The van der Waals surface area contributed by atoms with E-state index in [0.29, 0.717) is 11.4 Å². The summed E-state index contributed by atoms with van der Waals surface area (Å²) in [6.07, 6.45) is 2.61. The molecule has 1 fully saturated rings. The average molecular weight is 488 g/mol. The maximum absolute atomic E-state index is 13.2. The van der Waals surface area contributed by atoms with Crippen molar-refractivity contribution in [3.8, 4) is 11.1 Å². The number of rotatable bonds is 3. The predicted molar refractivity (Wildman–Crippen MR) is 129 cm³/mol. The van der Waals surface area contributed by atoms with Crippen LogP contribution in [-0.4, -0.2) is 59.3 Å². The van der Waals surface area contributed by atoms with E-state index < -0.39 is 22.0 Å². The van der Waals surface area contributed by atoms with Gasteiger partial charge in [0.05, 0.1) is 36.0 Å². The number of carbonyl (C=O) groups is 2. The molecule has 0 aromatic heterocycles. The first-order valence-electron chi connectivity index (χ1n) is 11.2. The molecule has 10 heteroatoms. The molecule has 0 aliphatic carbocycles. The maximum atomic E-state index is 13.2. The molecule has 0 bridgehead atoms. The SMILES string of the molecule is COC(=O)N1c2ccc(-c3ccc(S(C)(=O)=O)cc3)cc2N(C(=O)OC2CCCCN2)CC1C. The number of sulfone groups is 1. The van der Waals surface area contributed by atoms with Crippen molar-refractivity contribution in [1.29, 1.82) is 0 Å². The van der Waals surface area contributed by atoms with Gasteiger partial charge in [0.1, 0.15) is 0 Å². The molecule has 1 saturated heterocycles. The average Bonchev–Trinajstić information content (AvgIpc) is 2.83. The number of fused-ring (bicyclic) bond motifs is 1. The molecule has 34 heavy (non-hydrogen) atoms. The first kappa shape index (κ1) is 24.0. The van der Waals surface area contributed by atoms with Crippen LogP contribution in [0.15, 0.2) is 47.4 Å². The summed E-state index contributed by atoms with van der Waals surface area (Å²) in [5.41, 5.74) is 2.61. The van der Waals surface area contributed by atoms with Crippen LogP contribution in [0, 0.1) is 0 Å². The van der Waals surface area contributed by atoms with Crippen LogP contribution in [0.3, 0.4) is 0 Å². The lowest BCUT2D eigenvalue weighted by atomic mass is 10.0. The molecule has 0 spiro atoms. The first-order valence-corrected chi connectivity index (χ1v) is 13.1. The number of anilines is 2. The molecular formula is C24H29N3O6S. The lowest BCUT2D eigenvalue weighted by Crippen LogP contribution is -2.53. The van der Waals surface area contributed by atoms with Crippen LogP contribution in [0.5, 0.6) is 0 Å². The summed E-state index contributed by atoms with van der Waals surface area (Å²) in [5, 5.41) is 3.21. The van der Waals surface area contributed by atoms with Crippen LogP contribution in [0.1, 0.15) is 26.2 Å². The monoisotopic (exact) mass is 487 g/mol. The zero-order chi connectivity index (χ0) is 24.5. The Hall–Kier alpha value is -3.11. The fourth-order valence-electron chi connectivity index (χ4n) is 4.35. The predicted octanol–water partition coefficient (Wildman–Crippen LogP) is 3.77. The third kappa shape index (κ3) is 4.88. The number of nitrogens with zero attached hydrogens (tertiary/aromatic N) is 2. The molecule has 2 atom stereocenters. The third-order valence-corrected chi connectivity index (χ3v) is 7.26. The molecule has 2 aromatic carbocycles. The second-order valence-electron chi connectivity index (χ2n) is 8.62. The van der Waals surface area contributed by atoms with Crippen molar-refractivity contribution >= 4 is 33.4 Å². The van der Waals surface area contributed by atoms with E-state index in [1.807, 2.05) is 19.1 Å². The van der Waals surface area contributed by atoms with Gasteiger partial charge in [0.15, 0.2) is 16.1 Å². The van der Waals surface area contributed by atoms with Crippen LogP contribution in [0.2, 0.25) is 0 Å². The second-order valence-corrected chi connectivity index (χ2v) is 10.6. The molecule has 2 aliphatic heterocycles. The highest BCUT2D eigenvalue weighted by atomic mass is 32.2. The molecule has 2 aromatic rings. The minimum absolute atomic E-state index is 0.227. The summed E-state index contributed by atoms with van der Waals surface area (Å²) >= 11 is 0. The fourth-order valence-corrected chi connectivity index (χ4v) is 4.98. The molecule has 182 valence electrons. The Kier molecular flexibility index (Phi) is 6.81. The maximum Gasteiger partial charge on any atom is 0.416 e. The second kappa shape index (κ2) is 9.63. The van der Waals surface area contributed by atoms with Gasteiger partial charge in [-0.05, 0) is 68.1 Å². The topological polar surface area (TPSA) is 105 Å². The van der Waals surface area contributed by atoms with Crippen molar-refractivity contribution in [1.82, 2.24) is 5.32 Å². The van der Waals surface area contributed by atoms with E-state index in [-0.39, 0.29) is 23.7 Å². The first-order chi connectivity index (χ1) is 16.2. The fraction of sp³-hybridized carbons (Fsp3) is 0.417. The van der Waals surface area contributed by atoms with Gasteiger partial charge in [-0.1, -0.05) is 18.2 Å². The number of amides is 2. The number of hydrogen-bond donors (Lipinski definition) is 1. The molecule has 4 rings (SSSR count). The van der Waals surface area contributed by atoms with Crippen LogP contribution < -0.4 is 15.1 Å². The number of hydrogen-bond acceptors (Lipinski definition) is 7. The van der Waals surface area contributed by atoms with E-state index >= 15 is 0 Å². The number of carbonyl (C=O) groups excluding carboxylic acids is 2. The number of nitrogens with one attached hydrogen (secondary N) is 1. The lowest BCUT2D eigenvalue weighted by Gasteiger charge is -2.40. The van der Waals surface area contributed by atoms with Crippen molar-refractivity contribution in [2.75, 3.05) is 36.3 Å². The quantitative estimate of drug-likeness (QED) is 0.702. The molecule has 1 N–H and O–H groups in total. The normalized spacial score (nSPS) is 20.4. The Morgan fingerprint density at radius 2 is 1.71 bits per heavy atom. The summed E-state index contributed by atoms with van der Waals surface area (Å²) in [5.74, 6) is 0. The number of benzene rings is 2. The van der Waals surface area contributed by atoms with Crippen LogP contribution >= 0.6 is 0 Å². The molecule has 9 nitrogen and oxygen atoms in total. The van der Waals surface area contributed by atoms with Gasteiger partial charge < -0.3 is 9.47 Å². The highest BCUT2D eigenvalue weighted by Crippen LogP contribution is 2.39. The van der Waals surface area contributed by atoms with E-state index in [9.17, 15) is 18.0 Å². The van der Waals surface area contributed by atoms with E-state index in [2.05, 4.69) is 5.32 Å². The van der Waals surface area contributed by atoms with Gasteiger partial charge in [-0.15, -0.1) is 0 Å². The summed E-state index contributed by atoms with van der Waals surface area (Å²) in [4.78, 5) is 29.0. The lowest BCUT2D eigenvalue weighted by molar-refractivity contribution is 0.0659. The molecule has 2 heterocycles. The Balaban J connectivity index is 1.71. The smallest absolute Gasteiger partial charge is 0.416 e. The number of methoxy groups -OCH3 is 1. The Morgan fingerprint density at radius 3 is 2.32 bits per heavy atom. The Bertz CT molecular complexity index is 1180. The molecule has 2 unspecified atom stereocenters. The van der Waals surface area contributed by atoms with Crippen molar-refractivity contribution in [3.63, 3.8) is 0 Å². The summed E-state index contributed by atoms with van der Waals surface area (Å²) in [6, 6.07) is 11.6. The van der Waals surface area contributed by atoms with Gasteiger partial charge in [0, 0.05) is 6.26 Å². The molecule has 0 saturated carbocycles. The minimum atomic E-state index is -3.31. The van der Waals surface area contributed by atoms with Crippen LogP contribution in [-0.2, 0) is 19.3 Å². The Morgan fingerprint density at radius 1 is 1.00 bits per heavy atom. The van der Waals surface area contributed by atoms with Crippen molar-refractivity contribution in [3.05, 3.63) is 42.5 Å². The van der Waals surface area contributed by atoms with Crippen molar-refractivity contribution in [2.45, 2.75) is 43.4 Å². The number of ether oxygens (including phenoxy) is 2. The Labute approximate surface area is 199 Å². The zero-order valence-electron chi connectivity index (χ0n) is 19.5. The number of piperidine rings is 1. The third-order valence-electron chi connectivity index (χ3n) is 6.13. The zero-order valence-corrected chi connectivity index (χ0v) is 20.3. The molecule has 2 aliphatic rings. The largest absolute Gasteiger partial charge is 0.452 e. The molecule has 2 amide bonds.